The normalized spacial score (nSPS) is 12.7. The van der Waals surface area contributed by atoms with Crippen LogP contribution in [0.2, 0.25) is 0 Å². The lowest BCUT2D eigenvalue weighted by atomic mass is 10.0. The first kappa shape index (κ1) is 13.2. The molecule has 18 heavy (non-hydrogen) atoms. The van der Waals surface area contributed by atoms with E-state index in [1.165, 1.54) is 0 Å². The Morgan fingerprint density at radius 3 is 2.78 bits per heavy atom. The van der Waals surface area contributed by atoms with E-state index in [-0.39, 0.29) is 5.82 Å². The maximum atomic E-state index is 14.1. The number of halogens is 2. The average Bonchev–Trinajstić information content (AvgIpc) is 2.65. The molecule has 0 saturated carbocycles. The van der Waals surface area contributed by atoms with Crippen LogP contribution in [0.4, 0.5) is 4.39 Å². The zero-order valence-electron chi connectivity index (χ0n) is 10.1. The summed E-state index contributed by atoms with van der Waals surface area (Å²) in [4.78, 5) is 0. The number of aryl methyl sites for hydroxylation is 2. The number of hydrazine groups is 1. The van der Waals surface area contributed by atoms with Gasteiger partial charge in [0.1, 0.15) is 5.82 Å². The van der Waals surface area contributed by atoms with Gasteiger partial charge in [0.05, 0.1) is 21.9 Å². The predicted molar refractivity (Wildman–Crippen MR) is 71.2 cm³/mol. The van der Waals surface area contributed by atoms with E-state index in [0.717, 1.165) is 11.4 Å². The molecule has 0 fully saturated rings. The molecule has 0 aliphatic heterocycles. The largest absolute Gasteiger partial charge is 0.271 e. The summed E-state index contributed by atoms with van der Waals surface area (Å²) in [5.41, 5.74) is 4.79. The van der Waals surface area contributed by atoms with Crippen molar-refractivity contribution in [3.05, 3.63) is 51.5 Å². The lowest BCUT2D eigenvalue weighted by Gasteiger charge is -2.17. The van der Waals surface area contributed by atoms with Crippen molar-refractivity contribution in [3.63, 3.8) is 0 Å². The van der Waals surface area contributed by atoms with Crippen molar-refractivity contribution in [1.82, 2.24) is 15.2 Å². The van der Waals surface area contributed by atoms with Gasteiger partial charge in [0.2, 0.25) is 0 Å². The number of hydrogen-bond donors (Lipinski definition) is 2. The molecule has 1 heterocycles. The molecule has 2 aromatic rings. The lowest BCUT2D eigenvalue weighted by Crippen LogP contribution is -2.31. The number of rotatable bonds is 3. The summed E-state index contributed by atoms with van der Waals surface area (Å²) in [6.07, 6.45) is 0. The van der Waals surface area contributed by atoms with Crippen molar-refractivity contribution in [2.45, 2.75) is 13.0 Å². The minimum Gasteiger partial charge on any atom is -0.271 e. The first-order valence-corrected chi connectivity index (χ1v) is 6.24. The van der Waals surface area contributed by atoms with Gasteiger partial charge in [0.15, 0.2) is 0 Å². The maximum absolute atomic E-state index is 14.1. The van der Waals surface area contributed by atoms with Crippen LogP contribution < -0.4 is 11.3 Å². The van der Waals surface area contributed by atoms with Crippen molar-refractivity contribution in [3.8, 4) is 0 Å². The van der Waals surface area contributed by atoms with E-state index in [4.69, 9.17) is 5.84 Å². The van der Waals surface area contributed by atoms with Gasteiger partial charge in [0.25, 0.3) is 0 Å². The van der Waals surface area contributed by atoms with E-state index in [1.54, 1.807) is 22.9 Å². The van der Waals surface area contributed by atoms with Crippen molar-refractivity contribution in [1.29, 1.82) is 0 Å². The zero-order valence-corrected chi connectivity index (χ0v) is 11.7. The third-order valence-electron chi connectivity index (χ3n) is 2.79. The second-order valence-corrected chi connectivity index (χ2v) is 4.93. The third-order valence-corrected chi connectivity index (χ3v) is 3.41. The highest BCUT2D eigenvalue weighted by molar-refractivity contribution is 9.10. The molecule has 6 heteroatoms. The van der Waals surface area contributed by atoms with E-state index in [9.17, 15) is 4.39 Å². The van der Waals surface area contributed by atoms with Gasteiger partial charge < -0.3 is 0 Å². The van der Waals surface area contributed by atoms with Gasteiger partial charge in [-0.1, -0.05) is 12.1 Å². The van der Waals surface area contributed by atoms with Gasteiger partial charge in [0, 0.05) is 12.6 Å². The molecule has 0 saturated heterocycles. The minimum atomic E-state index is -0.436. The fourth-order valence-electron chi connectivity index (χ4n) is 1.98. The van der Waals surface area contributed by atoms with Crippen LogP contribution in [0.1, 0.15) is 23.0 Å². The Bertz CT molecular complexity index is 567. The fraction of sp³-hybridized carbons (Fsp3) is 0.250. The van der Waals surface area contributed by atoms with Gasteiger partial charge >= 0.3 is 0 Å². The first-order chi connectivity index (χ1) is 8.54. The Morgan fingerprint density at radius 1 is 1.50 bits per heavy atom. The molecule has 0 radical (unpaired) electrons. The second-order valence-electron chi connectivity index (χ2n) is 4.08. The quantitative estimate of drug-likeness (QED) is 0.674. The number of nitrogens with two attached hydrogens (primary N) is 1. The number of nitrogens with zero attached hydrogens (tertiary/aromatic N) is 2. The highest BCUT2D eigenvalue weighted by Gasteiger charge is 2.21. The summed E-state index contributed by atoms with van der Waals surface area (Å²) in [6.45, 7) is 1.88. The van der Waals surface area contributed by atoms with Crippen LogP contribution in [0.25, 0.3) is 0 Å². The molecule has 96 valence electrons. The van der Waals surface area contributed by atoms with Crippen LogP contribution in [0, 0.1) is 12.7 Å². The van der Waals surface area contributed by atoms with E-state index >= 15 is 0 Å². The van der Waals surface area contributed by atoms with Gasteiger partial charge in [-0.3, -0.25) is 10.5 Å². The lowest BCUT2D eigenvalue weighted by molar-refractivity contribution is 0.530. The molecule has 0 aliphatic carbocycles. The van der Waals surface area contributed by atoms with E-state index in [1.807, 2.05) is 20.0 Å². The number of aromatic nitrogens is 2. The van der Waals surface area contributed by atoms with E-state index in [2.05, 4.69) is 26.5 Å². The summed E-state index contributed by atoms with van der Waals surface area (Å²) in [5, 5.41) is 4.24. The monoisotopic (exact) mass is 312 g/mol. The number of benzene rings is 1. The summed E-state index contributed by atoms with van der Waals surface area (Å²) in [6, 6.07) is 6.57. The molecular weight excluding hydrogens is 299 g/mol. The van der Waals surface area contributed by atoms with Crippen molar-refractivity contribution < 1.29 is 4.39 Å². The molecule has 1 aromatic carbocycles. The Labute approximate surface area is 113 Å². The molecule has 0 bridgehead atoms. The van der Waals surface area contributed by atoms with Crippen LogP contribution >= 0.6 is 15.9 Å². The van der Waals surface area contributed by atoms with Crippen molar-refractivity contribution >= 4 is 15.9 Å². The molecule has 4 nitrogen and oxygen atoms in total. The fourth-order valence-corrected chi connectivity index (χ4v) is 2.36. The van der Waals surface area contributed by atoms with Crippen LogP contribution in [-0.2, 0) is 7.05 Å². The highest BCUT2D eigenvalue weighted by atomic mass is 79.9. The Hall–Kier alpha value is -1.24. The molecule has 1 unspecified atom stereocenters. The average molecular weight is 313 g/mol. The summed E-state index contributed by atoms with van der Waals surface area (Å²) < 4.78 is 16.2. The minimum absolute atomic E-state index is 0.320. The predicted octanol–water partition coefficient (Wildman–Crippen LogP) is 2.18. The van der Waals surface area contributed by atoms with Crippen LogP contribution in [0.3, 0.4) is 0 Å². The first-order valence-electron chi connectivity index (χ1n) is 5.45. The smallest absolute Gasteiger partial charge is 0.142 e. The molecule has 0 aliphatic rings. The molecule has 0 amide bonds. The van der Waals surface area contributed by atoms with Crippen molar-refractivity contribution in [2.24, 2.45) is 12.9 Å². The van der Waals surface area contributed by atoms with Gasteiger partial charge in [-0.25, -0.2) is 9.82 Å². The van der Waals surface area contributed by atoms with Gasteiger partial charge in [-0.15, -0.1) is 0 Å². The Morgan fingerprint density at radius 2 is 2.22 bits per heavy atom. The van der Waals surface area contributed by atoms with Crippen LogP contribution in [0.15, 0.2) is 28.7 Å². The molecule has 1 aromatic heterocycles. The van der Waals surface area contributed by atoms with Crippen molar-refractivity contribution in [2.75, 3.05) is 0 Å². The number of nitrogens with one attached hydrogen (secondary N) is 1. The van der Waals surface area contributed by atoms with E-state index in [0.29, 0.717) is 10.0 Å². The zero-order chi connectivity index (χ0) is 13.3. The molecule has 1 atom stereocenters. The third kappa shape index (κ3) is 2.31. The SMILES string of the molecule is Cc1cc(C(NN)c2cccc(Br)c2F)n(C)n1. The van der Waals surface area contributed by atoms with Gasteiger partial charge in [-0.2, -0.15) is 5.10 Å². The van der Waals surface area contributed by atoms with Crippen LogP contribution in [0.5, 0.6) is 0 Å². The maximum Gasteiger partial charge on any atom is 0.142 e. The standard InChI is InChI=1S/C12H14BrFN4/c1-7-6-10(18(2)17-7)12(16-15)8-4-3-5-9(13)11(8)14/h3-6,12,16H,15H2,1-2H3. The Kier molecular flexibility index (Phi) is 3.79. The van der Waals surface area contributed by atoms with Crippen LogP contribution in [-0.4, -0.2) is 9.78 Å². The molecular formula is C12H14BrFN4. The summed E-state index contributed by atoms with van der Waals surface area (Å²) in [5.74, 6) is 5.24. The van der Waals surface area contributed by atoms with E-state index < -0.39 is 6.04 Å². The van der Waals surface area contributed by atoms with Gasteiger partial charge in [-0.05, 0) is 35.0 Å². The topological polar surface area (TPSA) is 55.9 Å². The molecule has 0 spiro atoms. The highest BCUT2D eigenvalue weighted by Crippen LogP contribution is 2.27. The molecule has 3 N–H and O–H groups in total. The second kappa shape index (κ2) is 5.17. The molecule has 2 rings (SSSR count). The Balaban J connectivity index is 2.52. The summed E-state index contributed by atoms with van der Waals surface area (Å²) in [7, 11) is 1.81. The summed E-state index contributed by atoms with van der Waals surface area (Å²) >= 11 is 3.17. The number of hydrogen-bond acceptors (Lipinski definition) is 3.